The van der Waals surface area contributed by atoms with Crippen LogP contribution in [0.2, 0.25) is 0 Å². The van der Waals surface area contributed by atoms with E-state index in [1.165, 1.54) is 6.21 Å². The van der Waals surface area contributed by atoms with Crippen LogP contribution >= 0.6 is 0 Å². The zero-order chi connectivity index (χ0) is 14.7. The molecule has 0 fully saturated rings. The molecule has 2 aromatic carbocycles. The fourth-order valence-electron chi connectivity index (χ4n) is 1.93. The Bertz CT molecular complexity index is 762. The number of nitrogens with zero attached hydrogens (tertiary/aromatic N) is 2. The molecule has 0 aliphatic heterocycles. The monoisotopic (exact) mass is 282 g/mol. The van der Waals surface area contributed by atoms with Crippen molar-refractivity contribution in [2.75, 3.05) is 12.5 Å². The normalized spacial score (nSPS) is 11.1. The number of anilines is 1. The van der Waals surface area contributed by atoms with Crippen molar-refractivity contribution in [2.24, 2.45) is 5.10 Å². The lowest BCUT2D eigenvalue weighted by Gasteiger charge is -2.02. The number of aromatic amines is 1. The van der Waals surface area contributed by atoms with Crippen molar-refractivity contribution in [2.45, 2.75) is 0 Å². The van der Waals surface area contributed by atoms with Crippen LogP contribution in [0.1, 0.15) is 5.56 Å². The number of fused-ring (bicyclic) bond motifs is 1. The molecule has 0 saturated heterocycles. The van der Waals surface area contributed by atoms with Crippen molar-refractivity contribution >= 4 is 23.2 Å². The minimum Gasteiger partial charge on any atom is -0.507 e. The molecule has 1 aromatic heterocycles. The van der Waals surface area contributed by atoms with Gasteiger partial charge in [0.15, 0.2) is 0 Å². The van der Waals surface area contributed by atoms with E-state index in [4.69, 9.17) is 4.74 Å². The van der Waals surface area contributed by atoms with Gasteiger partial charge in [0.1, 0.15) is 11.5 Å². The number of hydrazone groups is 1. The summed E-state index contributed by atoms with van der Waals surface area (Å²) in [5, 5.41) is 13.8. The largest absolute Gasteiger partial charge is 0.507 e. The topological polar surface area (TPSA) is 82.5 Å². The molecule has 0 unspecified atom stereocenters. The van der Waals surface area contributed by atoms with E-state index in [-0.39, 0.29) is 5.75 Å². The number of benzene rings is 2. The smallest absolute Gasteiger partial charge is 0.222 e. The maximum atomic E-state index is 9.74. The lowest BCUT2D eigenvalue weighted by Crippen LogP contribution is -1.93. The minimum atomic E-state index is 0.131. The van der Waals surface area contributed by atoms with Crippen LogP contribution in [0.5, 0.6) is 11.5 Å². The number of aromatic nitrogens is 2. The summed E-state index contributed by atoms with van der Waals surface area (Å²) in [6, 6.07) is 12.6. The highest BCUT2D eigenvalue weighted by Gasteiger charge is 2.02. The second-order valence-corrected chi connectivity index (χ2v) is 4.40. The van der Waals surface area contributed by atoms with Gasteiger partial charge >= 0.3 is 0 Å². The number of imidazole rings is 1. The maximum absolute atomic E-state index is 9.74. The van der Waals surface area contributed by atoms with Gasteiger partial charge in [-0.1, -0.05) is 12.1 Å². The summed E-state index contributed by atoms with van der Waals surface area (Å²) in [5.41, 5.74) is 5.14. The van der Waals surface area contributed by atoms with E-state index in [0.717, 1.165) is 11.0 Å². The van der Waals surface area contributed by atoms with Gasteiger partial charge in [0.25, 0.3) is 0 Å². The van der Waals surface area contributed by atoms with Crippen LogP contribution in [0.4, 0.5) is 5.95 Å². The third-order valence-electron chi connectivity index (χ3n) is 3.00. The van der Waals surface area contributed by atoms with Crippen LogP contribution in [-0.4, -0.2) is 28.4 Å². The van der Waals surface area contributed by atoms with Crippen LogP contribution in [0, 0.1) is 0 Å². The molecular weight excluding hydrogens is 268 g/mol. The van der Waals surface area contributed by atoms with Gasteiger partial charge < -0.3 is 14.8 Å². The number of phenolic OH excluding ortho intramolecular Hbond substituents is 1. The zero-order valence-electron chi connectivity index (χ0n) is 11.4. The van der Waals surface area contributed by atoms with E-state index in [9.17, 15) is 5.11 Å². The molecule has 0 radical (unpaired) electrons. The number of H-pyrrole nitrogens is 1. The van der Waals surface area contributed by atoms with Gasteiger partial charge in [-0.3, -0.25) is 0 Å². The maximum Gasteiger partial charge on any atom is 0.222 e. The molecule has 0 amide bonds. The Morgan fingerprint density at radius 2 is 2.14 bits per heavy atom. The molecular formula is C15H14N4O2. The first-order valence-corrected chi connectivity index (χ1v) is 6.37. The van der Waals surface area contributed by atoms with Crippen molar-refractivity contribution < 1.29 is 9.84 Å². The summed E-state index contributed by atoms with van der Waals surface area (Å²) >= 11 is 0. The molecule has 0 bridgehead atoms. The fraction of sp³-hybridized carbons (Fsp3) is 0.0667. The molecule has 6 heteroatoms. The van der Waals surface area contributed by atoms with Gasteiger partial charge in [0.05, 0.1) is 24.4 Å². The average molecular weight is 282 g/mol. The molecule has 21 heavy (non-hydrogen) atoms. The van der Waals surface area contributed by atoms with Crippen LogP contribution in [0.25, 0.3) is 11.0 Å². The molecule has 0 saturated carbocycles. The highest BCUT2D eigenvalue weighted by molar-refractivity contribution is 5.84. The lowest BCUT2D eigenvalue weighted by atomic mass is 10.2. The number of nitrogens with one attached hydrogen (secondary N) is 2. The number of hydrogen-bond acceptors (Lipinski definition) is 5. The fourth-order valence-corrected chi connectivity index (χ4v) is 1.93. The number of phenols is 1. The standard InChI is InChI=1S/C15H14N4O2/c1-21-11-6-7-14(20)10(8-11)9-16-19-15-17-12-4-2-3-5-13(12)18-15/h2-9,20H,1H3,(H2,17,18,19)/b16-9-. The summed E-state index contributed by atoms with van der Waals surface area (Å²) in [7, 11) is 1.57. The number of para-hydroxylation sites is 2. The molecule has 0 aliphatic rings. The van der Waals surface area contributed by atoms with Crippen molar-refractivity contribution in [3.8, 4) is 11.5 Å². The van der Waals surface area contributed by atoms with Gasteiger partial charge in [0.2, 0.25) is 5.95 Å². The Labute approximate surface area is 121 Å². The van der Waals surface area contributed by atoms with Gasteiger partial charge in [-0.2, -0.15) is 5.10 Å². The van der Waals surface area contributed by atoms with E-state index in [0.29, 0.717) is 17.3 Å². The molecule has 3 N–H and O–H groups in total. The molecule has 0 aliphatic carbocycles. The molecule has 1 heterocycles. The Morgan fingerprint density at radius 1 is 1.29 bits per heavy atom. The Balaban J connectivity index is 1.77. The third kappa shape index (κ3) is 2.79. The third-order valence-corrected chi connectivity index (χ3v) is 3.00. The number of ether oxygens (including phenoxy) is 1. The van der Waals surface area contributed by atoms with Crippen LogP contribution in [0.3, 0.4) is 0 Å². The molecule has 3 rings (SSSR count). The summed E-state index contributed by atoms with van der Waals surface area (Å²) in [6.07, 6.45) is 1.50. The average Bonchev–Trinajstić information content (AvgIpc) is 2.92. The summed E-state index contributed by atoms with van der Waals surface area (Å²) in [5.74, 6) is 1.32. The minimum absolute atomic E-state index is 0.131. The molecule has 0 spiro atoms. The van der Waals surface area contributed by atoms with Crippen LogP contribution in [0.15, 0.2) is 47.6 Å². The van der Waals surface area contributed by atoms with Crippen LogP contribution < -0.4 is 10.2 Å². The van der Waals surface area contributed by atoms with Crippen molar-refractivity contribution in [3.05, 3.63) is 48.0 Å². The first kappa shape index (κ1) is 13.0. The second-order valence-electron chi connectivity index (χ2n) is 4.40. The van der Waals surface area contributed by atoms with E-state index in [1.807, 2.05) is 24.3 Å². The van der Waals surface area contributed by atoms with Gasteiger partial charge in [-0.15, -0.1) is 0 Å². The van der Waals surface area contributed by atoms with E-state index < -0.39 is 0 Å². The van der Waals surface area contributed by atoms with E-state index in [2.05, 4.69) is 20.5 Å². The van der Waals surface area contributed by atoms with Gasteiger partial charge in [0, 0.05) is 5.56 Å². The molecule has 0 atom stereocenters. The van der Waals surface area contributed by atoms with E-state index in [1.54, 1.807) is 25.3 Å². The number of aromatic hydroxyl groups is 1. The van der Waals surface area contributed by atoms with Crippen LogP contribution in [-0.2, 0) is 0 Å². The predicted octanol–water partition coefficient (Wildman–Crippen LogP) is 2.72. The lowest BCUT2D eigenvalue weighted by molar-refractivity contribution is 0.412. The molecule has 106 valence electrons. The van der Waals surface area contributed by atoms with Gasteiger partial charge in [-0.05, 0) is 30.3 Å². The first-order valence-electron chi connectivity index (χ1n) is 6.37. The number of rotatable bonds is 4. The predicted molar refractivity (Wildman–Crippen MR) is 82.0 cm³/mol. The molecule has 3 aromatic rings. The molecule has 6 nitrogen and oxygen atoms in total. The summed E-state index contributed by atoms with van der Waals surface area (Å²) in [6.45, 7) is 0. The quantitative estimate of drug-likeness (QED) is 0.507. The number of hydrogen-bond donors (Lipinski definition) is 3. The van der Waals surface area contributed by atoms with Gasteiger partial charge in [-0.25, -0.2) is 10.4 Å². The van der Waals surface area contributed by atoms with Crippen molar-refractivity contribution in [1.29, 1.82) is 0 Å². The Kier molecular flexibility index (Phi) is 3.42. The summed E-state index contributed by atoms with van der Waals surface area (Å²) in [4.78, 5) is 7.43. The first-order chi connectivity index (χ1) is 10.3. The SMILES string of the molecule is COc1ccc(O)c(/C=N\Nc2nc3ccccc3[nH]2)c1. The highest BCUT2D eigenvalue weighted by Crippen LogP contribution is 2.21. The number of methoxy groups -OCH3 is 1. The highest BCUT2D eigenvalue weighted by atomic mass is 16.5. The Hall–Kier alpha value is -3.02. The van der Waals surface area contributed by atoms with Crippen molar-refractivity contribution in [1.82, 2.24) is 9.97 Å². The van der Waals surface area contributed by atoms with E-state index >= 15 is 0 Å². The van der Waals surface area contributed by atoms with Crippen molar-refractivity contribution in [3.63, 3.8) is 0 Å². The zero-order valence-corrected chi connectivity index (χ0v) is 11.4. The Morgan fingerprint density at radius 3 is 2.95 bits per heavy atom. The second kappa shape index (κ2) is 5.54. The summed E-state index contributed by atoms with van der Waals surface area (Å²) < 4.78 is 5.10.